The second kappa shape index (κ2) is 10.5. The Kier molecular flexibility index (Phi) is 6.74. The first-order chi connectivity index (χ1) is 18.6. The van der Waals surface area contributed by atoms with Crippen LogP contribution in [-0.2, 0) is 16.1 Å². The molecule has 0 unspecified atom stereocenters. The van der Waals surface area contributed by atoms with E-state index < -0.39 is 0 Å². The zero-order chi connectivity index (χ0) is 26.1. The van der Waals surface area contributed by atoms with E-state index in [0.29, 0.717) is 22.2 Å². The molecule has 6 rings (SSSR count). The molecule has 0 atom stereocenters. The van der Waals surface area contributed by atoms with Gasteiger partial charge in [0.15, 0.2) is 5.17 Å². The van der Waals surface area contributed by atoms with Gasteiger partial charge in [0.05, 0.1) is 30.4 Å². The molecule has 0 N–H and O–H groups in total. The first-order valence-electron chi connectivity index (χ1n) is 12.6. The summed E-state index contributed by atoms with van der Waals surface area (Å²) in [4.78, 5) is 22.4. The number of hydrogen-bond donors (Lipinski definition) is 0. The summed E-state index contributed by atoms with van der Waals surface area (Å²) in [5, 5.41) is 1.65. The topological polar surface area (TPSA) is 50.1 Å². The summed E-state index contributed by atoms with van der Waals surface area (Å²) in [5.41, 5.74) is 4.46. The zero-order valence-corrected chi connectivity index (χ0v) is 21.8. The molecule has 1 amide bonds. The van der Waals surface area contributed by atoms with Crippen molar-refractivity contribution in [3.8, 4) is 0 Å². The number of carbonyl (C=O) groups is 1. The number of morpholine rings is 1. The summed E-state index contributed by atoms with van der Waals surface area (Å²) in [5.74, 6) is -0.322. The van der Waals surface area contributed by atoms with E-state index in [0.717, 1.165) is 54.1 Å². The van der Waals surface area contributed by atoms with Gasteiger partial charge in [0.2, 0.25) is 0 Å². The Morgan fingerprint density at radius 2 is 1.74 bits per heavy atom. The van der Waals surface area contributed by atoms with E-state index in [9.17, 15) is 9.18 Å². The average Bonchev–Trinajstić information content (AvgIpc) is 3.43. The van der Waals surface area contributed by atoms with Gasteiger partial charge in [-0.2, -0.15) is 0 Å². The number of fused-ring (bicyclic) bond motifs is 1. The highest BCUT2D eigenvalue weighted by atomic mass is 32.2. The molecule has 2 aliphatic heterocycles. The third-order valence-corrected chi connectivity index (χ3v) is 7.92. The standard InChI is InChI=1S/C30H27FN4O2S/c1-33-29(36)28(38-30(33)32-23-10-12-24(13-11-23)34-14-16-37-17-15-34)18-22-20-35(27-9-5-3-7-25(22)27)19-21-6-2-4-8-26(21)31/h2-13,18,20H,14-17,19H2,1H3/b28-18+,32-30?. The molecule has 3 aromatic carbocycles. The lowest BCUT2D eigenvalue weighted by Crippen LogP contribution is -2.36. The van der Waals surface area contributed by atoms with Crippen LogP contribution in [0.5, 0.6) is 0 Å². The lowest BCUT2D eigenvalue weighted by molar-refractivity contribution is -0.121. The summed E-state index contributed by atoms with van der Waals surface area (Å²) in [6.07, 6.45) is 3.89. The molecule has 0 aliphatic carbocycles. The van der Waals surface area contributed by atoms with E-state index in [2.05, 4.69) is 17.0 Å². The molecule has 0 bridgehead atoms. The fraction of sp³-hybridized carbons (Fsp3) is 0.200. The van der Waals surface area contributed by atoms with Crippen LogP contribution >= 0.6 is 11.8 Å². The number of para-hydroxylation sites is 1. The normalized spacial score (nSPS) is 18.3. The second-order valence-corrected chi connectivity index (χ2v) is 10.3. The lowest BCUT2D eigenvalue weighted by atomic mass is 10.1. The van der Waals surface area contributed by atoms with Crippen LogP contribution in [-0.4, -0.2) is 53.9 Å². The number of benzene rings is 3. The average molecular weight is 527 g/mol. The molecule has 0 saturated carbocycles. The molecule has 2 saturated heterocycles. The number of hydrogen-bond acceptors (Lipinski definition) is 5. The molecule has 4 aromatic rings. The quantitative estimate of drug-likeness (QED) is 0.304. The van der Waals surface area contributed by atoms with Crippen molar-refractivity contribution in [2.24, 2.45) is 4.99 Å². The maximum absolute atomic E-state index is 14.3. The van der Waals surface area contributed by atoms with Gasteiger partial charge < -0.3 is 14.2 Å². The first kappa shape index (κ1) is 24.5. The minimum atomic E-state index is -0.229. The maximum Gasteiger partial charge on any atom is 0.266 e. The minimum absolute atomic E-state index is 0.0929. The summed E-state index contributed by atoms with van der Waals surface area (Å²) in [7, 11) is 1.75. The molecule has 1 aromatic heterocycles. The van der Waals surface area contributed by atoms with Crippen LogP contribution in [0.2, 0.25) is 0 Å². The Hall–Kier alpha value is -3.88. The highest BCUT2D eigenvalue weighted by Gasteiger charge is 2.30. The van der Waals surface area contributed by atoms with Crippen LogP contribution in [0.1, 0.15) is 11.1 Å². The van der Waals surface area contributed by atoms with Gasteiger partial charge >= 0.3 is 0 Å². The fourth-order valence-corrected chi connectivity index (χ4v) is 5.77. The smallest absolute Gasteiger partial charge is 0.266 e. The van der Waals surface area contributed by atoms with E-state index >= 15 is 0 Å². The number of ether oxygens (including phenoxy) is 1. The highest BCUT2D eigenvalue weighted by molar-refractivity contribution is 8.18. The van der Waals surface area contributed by atoms with Crippen molar-refractivity contribution in [2.45, 2.75) is 6.54 Å². The van der Waals surface area contributed by atoms with Crippen molar-refractivity contribution in [1.82, 2.24) is 9.47 Å². The molecule has 6 nitrogen and oxygen atoms in total. The molecular weight excluding hydrogens is 499 g/mol. The number of anilines is 1. The number of aliphatic imine (C=N–C) groups is 1. The summed E-state index contributed by atoms with van der Waals surface area (Å²) in [6.45, 7) is 3.65. The number of aromatic nitrogens is 1. The van der Waals surface area contributed by atoms with Crippen LogP contribution in [0, 0.1) is 5.82 Å². The van der Waals surface area contributed by atoms with E-state index in [1.165, 1.54) is 17.8 Å². The van der Waals surface area contributed by atoms with Crippen molar-refractivity contribution in [3.63, 3.8) is 0 Å². The molecule has 8 heteroatoms. The van der Waals surface area contributed by atoms with Crippen molar-refractivity contribution < 1.29 is 13.9 Å². The molecular formula is C30H27FN4O2S. The lowest BCUT2D eigenvalue weighted by Gasteiger charge is -2.28. The SMILES string of the molecule is CN1C(=O)/C(=C\c2cn(Cc3ccccc3F)c3ccccc23)SC1=Nc1ccc(N2CCOCC2)cc1. The van der Waals surface area contributed by atoms with Gasteiger partial charge in [-0.25, -0.2) is 9.38 Å². The number of amides is 1. The van der Waals surface area contributed by atoms with Crippen LogP contribution in [0.3, 0.4) is 0 Å². The zero-order valence-electron chi connectivity index (χ0n) is 21.0. The number of carbonyl (C=O) groups excluding carboxylic acids is 1. The molecule has 192 valence electrons. The Balaban J connectivity index is 1.27. The summed E-state index contributed by atoms with van der Waals surface area (Å²) in [6, 6.07) is 22.9. The van der Waals surface area contributed by atoms with Crippen molar-refractivity contribution >= 4 is 51.2 Å². The third-order valence-electron chi connectivity index (χ3n) is 6.86. The molecule has 0 spiro atoms. The number of likely N-dealkylation sites (N-methyl/N-ethyl adjacent to an activating group) is 1. The van der Waals surface area contributed by atoms with Crippen LogP contribution in [0.15, 0.2) is 88.9 Å². The minimum Gasteiger partial charge on any atom is -0.378 e. The van der Waals surface area contributed by atoms with Gasteiger partial charge in [0, 0.05) is 54.1 Å². The second-order valence-electron chi connectivity index (χ2n) is 9.31. The number of rotatable bonds is 5. The van der Waals surface area contributed by atoms with Gasteiger partial charge in [-0.1, -0.05) is 36.4 Å². The molecule has 38 heavy (non-hydrogen) atoms. The van der Waals surface area contributed by atoms with Crippen molar-refractivity contribution in [3.05, 3.63) is 101 Å². The number of amidine groups is 1. The third kappa shape index (κ3) is 4.85. The first-order valence-corrected chi connectivity index (χ1v) is 13.4. The molecule has 0 radical (unpaired) electrons. The predicted octanol–water partition coefficient (Wildman–Crippen LogP) is 5.90. The molecule has 2 aliphatic rings. The van der Waals surface area contributed by atoms with E-state index in [-0.39, 0.29) is 11.7 Å². The Labute approximate surface area is 225 Å². The summed E-state index contributed by atoms with van der Waals surface area (Å²) >= 11 is 1.36. The largest absolute Gasteiger partial charge is 0.378 e. The monoisotopic (exact) mass is 526 g/mol. The Morgan fingerprint density at radius 1 is 1.00 bits per heavy atom. The maximum atomic E-state index is 14.3. The Bertz CT molecular complexity index is 1550. The Morgan fingerprint density at radius 3 is 2.53 bits per heavy atom. The van der Waals surface area contributed by atoms with Crippen molar-refractivity contribution in [2.75, 3.05) is 38.3 Å². The van der Waals surface area contributed by atoms with Crippen LogP contribution < -0.4 is 4.90 Å². The van der Waals surface area contributed by atoms with Gasteiger partial charge in [-0.05, 0) is 54.2 Å². The van der Waals surface area contributed by atoms with Crippen LogP contribution in [0.25, 0.3) is 17.0 Å². The van der Waals surface area contributed by atoms with Gasteiger partial charge in [-0.3, -0.25) is 9.69 Å². The van der Waals surface area contributed by atoms with E-state index in [1.807, 2.05) is 59.3 Å². The highest BCUT2D eigenvalue weighted by Crippen LogP contribution is 2.35. The fourth-order valence-electron chi connectivity index (χ4n) is 4.79. The molecule has 2 fully saturated rings. The summed E-state index contributed by atoms with van der Waals surface area (Å²) < 4.78 is 21.8. The van der Waals surface area contributed by atoms with Gasteiger partial charge in [-0.15, -0.1) is 0 Å². The predicted molar refractivity (Wildman–Crippen MR) is 152 cm³/mol. The van der Waals surface area contributed by atoms with E-state index in [1.54, 1.807) is 24.1 Å². The van der Waals surface area contributed by atoms with Gasteiger partial charge in [0.25, 0.3) is 5.91 Å². The van der Waals surface area contributed by atoms with Crippen LogP contribution in [0.4, 0.5) is 15.8 Å². The van der Waals surface area contributed by atoms with Gasteiger partial charge in [0.1, 0.15) is 5.82 Å². The molecule has 3 heterocycles. The number of halogens is 1. The number of nitrogens with zero attached hydrogens (tertiary/aromatic N) is 4. The number of thioether (sulfide) groups is 1. The van der Waals surface area contributed by atoms with E-state index in [4.69, 9.17) is 9.73 Å². The van der Waals surface area contributed by atoms with Crippen molar-refractivity contribution in [1.29, 1.82) is 0 Å².